The van der Waals surface area contributed by atoms with Crippen LogP contribution in [0.25, 0.3) is 0 Å². The summed E-state index contributed by atoms with van der Waals surface area (Å²) in [6.45, 7) is 8.90. The molecule has 0 amide bonds. The highest BCUT2D eigenvalue weighted by molar-refractivity contribution is 8.77. The lowest BCUT2D eigenvalue weighted by atomic mass is 10.3. The summed E-state index contributed by atoms with van der Waals surface area (Å²) in [7, 11) is 7.53. The van der Waals surface area contributed by atoms with Crippen LogP contribution in [-0.2, 0) is 17.7 Å². The second-order valence-electron chi connectivity index (χ2n) is 5.29. The van der Waals surface area contributed by atoms with E-state index in [0.29, 0.717) is 21.6 Å². The second-order valence-corrected chi connectivity index (χ2v) is 13.7. The third-order valence-corrected chi connectivity index (χ3v) is 14.2. The summed E-state index contributed by atoms with van der Waals surface area (Å²) in [5.41, 5.74) is 0. The van der Waals surface area contributed by atoms with Gasteiger partial charge in [0.25, 0.3) is 0 Å². The van der Waals surface area contributed by atoms with Crippen LogP contribution < -0.4 is 0 Å². The van der Waals surface area contributed by atoms with Crippen molar-refractivity contribution in [3.63, 3.8) is 0 Å². The van der Waals surface area contributed by atoms with Gasteiger partial charge in [-0.05, 0) is 11.8 Å². The van der Waals surface area contributed by atoms with Crippen LogP contribution in [-0.4, -0.2) is 56.8 Å². The Hall–Kier alpha value is 0.974. The first-order valence-electron chi connectivity index (χ1n) is 6.86. The maximum Gasteiger partial charge on any atom is 0.335 e. The van der Waals surface area contributed by atoms with Gasteiger partial charge in [-0.2, -0.15) is 0 Å². The Balaban J connectivity index is 4.70. The predicted molar refractivity (Wildman–Crippen MR) is 94.8 cm³/mol. The van der Waals surface area contributed by atoms with Crippen molar-refractivity contribution in [2.24, 2.45) is 11.8 Å². The fraction of sp³-hybridized carbons (Fsp3) is 1.00. The quantitative estimate of drug-likeness (QED) is 0.417. The molecule has 0 aromatic heterocycles. The standard InChI is InChI=1S/C12H30O4S2Si2/c1-9(2)11(19(13-5)14-6)17-18-12(10(3)4)20(15-7)16-8/h9-12,19-20H,1-8H3. The number of hydrogen-bond donors (Lipinski definition) is 0. The summed E-state index contributed by atoms with van der Waals surface area (Å²) in [5, 5.41) is 0. The molecule has 8 heteroatoms. The van der Waals surface area contributed by atoms with E-state index in [9.17, 15) is 0 Å². The Morgan fingerprint density at radius 2 is 0.850 bits per heavy atom. The second kappa shape index (κ2) is 11.5. The minimum absolute atomic E-state index is 0.416. The molecule has 0 aliphatic rings. The SMILES string of the molecule is CO[SiH](OC)C(SSC(C(C)C)[SiH](OC)OC)C(C)C. The van der Waals surface area contributed by atoms with E-state index in [0.717, 1.165) is 0 Å². The van der Waals surface area contributed by atoms with E-state index in [4.69, 9.17) is 17.7 Å². The van der Waals surface area contributed by atoms with Gasteiger partial charge < -0.3 is 17.7 Å². The average Bonchev–Trinajstić information content (AvgIpc) is 2.41. The van der Waals surface area contributed by atoms with Crippen LogP contribution in [0.15, 0.2) is 0 Å². The van der Waals surface area contributed by atoms with Crippen LogP contribution in [0.5, 0.6) is 0 Å². The van der Waals surface area contributed by atoms with Gasteiger partial charge in [-0.3, -0.25) is 0 Å². The molecule has 0 saturated carbocycles. The molecule has 20 heavy (non-hydrogen) atoms. The molecule has 4 nitrogen and oxygen atoms in total. The van der Waals surface area contributed by atoms with Gasteiger partial charge in [0.2, 0.25) is 0 Å². The van der Waals surface area contributed by atoms with Crippen molar-refractivity contribution in [2.45, 2.75) is 37.4 Å². The molecule has 0 radical (unpaired) electrons. The fourth-order valence-corrected chi connectivity index (χ4v) is 12.2. The summed E-state index contributed by atoms with van der Waals surface area (Å²) in [4.78, 5) is 0.833. The molecule has 0 aromatic carbocycles. The average molecular weight is 359 g/mol. The summed E-state index contributed by atoms with van der Waals surface area (Å²) >= 11 is 0. The molecular formula is C12H30O4S2Si2. The summed E-state index contributed by atoms with van der Waals surface area (Å²) < 4.78 is 22.2. The Labute approximate surface area is 135 Å². The van der Waals surface area contributed by atoms with Crippen LogP contribution >= 0.6 is 21.6 Å². The van der Waals surface area contributed by atoms with Crippen molar-refractivity contribution < 1.29 is 17.7 Å². The highest BCUT2D eigenvalue weighted by Gasteiger charge is 2.34. The van der Waals surface area contributed by atoms with Crippen molar-refractivity contribution in [3.8, 4) is 0 Å². The first-order valence-corrected chi connectivity index (χ1v) is 12.4. The Bertz CT molecular complexity index is 215. The largest absolute Gasteiger partial charge is 0.399 e. The van der Waals surface area contributed by atoms with Gasteiger partial charge in [0, 0.05) is 28.4 Å². The van der Waals surface area contributed by atoms with Crippen LogP contribution in [0, 0.1) is 11.8 Å². The first kappa shape index (κ1) is 21.0. The molecular weight excluding hydrogens is 328 g/mol. The molecule has 122 valence electrons. The highest BCUT2D eigenvalue weighted by Crippen LogP contribution is 2.39. The van der Waals surface area contributed by atoms with E-state index in [2.05, 4.69) is 27.7 Å². The fourth-order valence-electron chi connectivity index (χ4n) is 1.80. The molecule has 0 aliphatic heterocycles. The number of rotatable bonds is 11. The van der Waals surface area contributed by atoms with Gasteiger partial charge in [0.1, 0.15) is 0 Å². The zero-order valence-electron chi connectivity index (χ0n) is 13.9. The Kier molecular flexibility index (Phi) is 12.1. The third kappa shape index (κ3) is 6.82. The maximum atomic E-state index is 5.56. The predicted octanol–water partition coefficient (Wildman–Crippen LogP) is 2.52. The van der Waals surface area contributed by atoms with E-state index < -0.39 is 18.6 Å². The molecule has 0 fully saturated rings. The monoisotopic (exact) mass is 358 g/mol. The summed E-state index contributed by atoms with van der Waals surface area (Å²) in [6.07, 6.45) is 0. The van der Waals surface area contributed by atoms with Crippen molar-refractivity contribution >= 4 is 40.2 Å². The molecule has 2 atom stereocenters. The lowest BCUT2D eigenvalue weighted by Gasteiger charge is -2.29. The minimum Gasteiger partial charge on any atom is -0.399 e. The molecule has 0 bridgehead atoms. The first-order chi connectivity index (χ1) is 9.42. The zero-order chi connectivity index (χ0) is 15.7. The molecule has 0 aliphatic carbocycles. The van der Waals surface area contributed by atoms with Crippen molar-refractivity contribution in [1.29, 1.82) is 0 Å². The van der Waals surface area contributed by atoms with Crippen LogP contribution in [0.1, 0.15) is 27.7 Å². The van der Waals surface area contributed by atoms with Crippen LogP contribution in [0.4, 0.5) is 0 Å². The topological polar surface area (TPSA) is 36.9 Å². The van der Waals surface area contributed by atoms with Crippen LogP contribution in [0.2, 0.25) is 0 Å². The van der Waals surface area contributed by atoms with E-state index in [1.807, 2.05) is 21.6 Å². The van der Waals surface area contributed by atoms with Gasteiger partial charge in [-0.15, -0.1) is 0 Å². The van der Waals surface area contributed by atoms with E-state index >= 15 is 0 Å². The van der Waals surface area contributed by atoms with E-state index in [-0.39, 0.29) is 0 Å². The Morgan fingerprint density at radius 1 is 0.600 bits per heavy atom. The van der Waals surface area contributed by atoms with Crippen LogP contribution in [0.3, 0.4) is 0 Å². The Morgan fingerprint density at radius 3 is 1.00 bits per heavy atom. The molecule has 0 heterocycles. The van der Waals surface area contributed by atoms with E-state index in [1.165, 1.54) is 0 Å². The molecule has 0 saturated heterocycles. The zero-order valence-corrected chi connectivity index (χ0v) is 17.9. The van der Waals surface area contributed by atoms with Crippen molar-refractivity contribution in [2.75, 3.05) is 28.4 Å². The summed E-state index contributed by atoms with van der Waals surface area (Å²) in [5.74, 6) is 1.06. The smallest absolute Gasteiger partial charge is 0.335 e. The molecule has 0 spiro atoms. The highest BCUT2D eigenvalue weighted by atomic mass is 33.1. The molecule has 2 unspecified atom stereocenters. The van der Waals surface area contributed by atoms with Crippen molar-refractivity contribution in [1.82, 2.24) is 0 Å². The van der Waals surface area contributed by atoms with Gasteiger partial charge in [0.05, 0.1) is 9.75 Å². The lowest BCUT2D eigenvalue weighted by molar-refractivity contribution is 0.269. The van der Waals surface area contributed by atoms with Gasteiger partial charge in [-0.25, -0.2) is 0 Å². The van der Waals surface area contributed by atoms with Gasteiger partial charge >= 0.3 is 18.6 Å². The van der Waals surface area contributed by atoms with Gasteiger partial charge in [-0.1, -0.05) is 49.3 Å². The third-order valence-electron chi connectivity index (χ3n) is 3.06. The minimum atomic E-state index is -1.63. The molecule has 0 N–H and O–H groups in total. The molecule has 0 rings (SSSR count). The normalized spacial score (nSPS) is 15.6. The van der Waals surface area contributed by atoms with E-state index in [1.54, 1.807) is 28.4 Å². The number of hydrogen-bond acceptors (Lipinski definition) is 6. The van der Waals surface area contributed by atoms with Gasteiger partial charge in [0.15, 0.2) is 0 Å². The molecule has 0 aromatic rings. The van der Waals surface area contributed by atoms with Crippen molar-refractivity contribution in [3.05, 3.63) is 0 Å². The maximum absolute atomic E-state index is 5.56. The lowest BCUT2D eigenvalue weighted by Crippen LogP contribution is -2.39. The summed E-state index contributed by atoms with van der Waals surface area (Å²) in [6, 6.07) is 0.